The first-order valence-electron chi connectivity index (χ1n) is 4.99. The molecule has 0 aliphatic heterocycles. The highest BCUT2D eigenvalue weighted by Gasteiger charge is 2.08. The van der Waals surface area contributed by atoms with Gasteiger partial charge >= 0.3 is 6.01 Å². The molecule has 0 unspecified atom stereocenters. The Morgan fingerprint density at radius 1 is 1.31 bits per heavy atom. The van der Waals surface area contributed by atoms with Crippen LogP contribution in [0.4, 0.5) is 11.7 Å². The van der Waals surface area contributed by atoms with Crippen molar-refractivity contribution in [2.75, 3.05) is 24.7 Å². The third-order valence-corrected chi connectivity index (χ3v) is 2.15. The Morgan fingerprint density at radius 3 is 2.75 bits per heavy atom. The van der Waals surface area contributed by atoms with Gasteiger partial charge in [0.15, 0.2) is 0 Å². The van der Waals surface area contributed by atoms with Gasteiger partial charge in [0, 0.05) is 19.8 Å². The van der Waals surface area contributed by atoms with Gasteiger partial charge in [-0.3, -0.25) is 0 Å². The molecule has 0 radical (unpaired) electrons. The van der Waals surface area contributed by atoms with Gasteiger partial charge in [-0.1, -0.05) is 17.2 Å². The largest absolute Gasteiger partial charge is 0.408 e. The molecule has 0 fully saturated rings. The highest BCUT2D eigenvalue weighted by Crippen LogP contribution is 2.14. The van der Waals surface area contributed by atoms with Gasteiger partial charge in [0.05, 0.1) is 6.42 Å². The Bertz CT molecular complexity index is 478. The summed E-state index contributed by atoms with van der Waals surface area (Å²) >= 11 is 0. The zero-order valence-corrected chi connectivity index (χ0v) is 9.34. The van der Waals surface area contributed by atoms with Crippen molar-refractivity contribution >= 4 is 11.7 Å². The average Bonchev–Trinajstić information content (AvgIpc) is 2.66. The van der Waals surface area contributed by atoms with Gasteiger partial charge in [0.25, 0.3) is 0 Å². The van der Waals surface area contributed by atoms with Crippen LogP contribution in [0.1, 0.15) is 11.5 Å². The number of rotatable bonds is 3. The lowest BCUT2D eigenvalue weighted by Gasteiger charge is -2.03. The van der Waals surface area contributed by atoms with E-state index in [0.717, 1.165) is 11.3 Å². The van der Waals surface area contributed by atoms with Crippen molar-refractivity contribution in [1.82, 2.24) is 10.2 Å². The Kier molecular flexibility index (Phi) is 2.76. The van der Waals surface area contributed by atoms with E-state index in [-0.39, 0.29) is 0 Å². The average molecular weight is 218 g/mol. The predicted octanol–water partition coefficient (Wildman–Crippen LogP) is 1.31. The van der Waals surface area contributed by atoms with E-state index in [1.54, 1.807) is 4.90 Å². The van der Waals surface area contributed by atoms with Gasteiger partial charge in [0.1, 0.15) is 0 Å². The molecule has 16 heavy (non-hydrogen) atoms. The van der Waals surface area contributed by atoms with Crippen LogP contribution in [-0.2, 0) is 6.42 Å². The summed E-state index contributed by atoms with van der Waals surface area (Å²) in [5, 5.41) is 7.88. The molecule has 0 saturated carbocycles. The van der Waals surface area contributed by atoms with E-state index in [0.29, 0.717) is 18.3 Å². The van der Waals surface area contributed by atoms with E-state index < -0.39 is 0 Å². The highest BCUT2D eigenvalue weighted by atomic mass is 16.4. The fourth-order valence-corrected chi connectivity index (χ4v) is 1.37. The number of nitrogens with zero attached hydrogens (tertiary/aromatic N) is 3. The summed E-state index contributed by atoms with van der Waals surface area (Å²) in [4.78, 5) is 1.77. The Hall–Kier alpha value is -2.04. The van der Waals surface area contributed by atoms with Crippen LogP contribution in [-0.4, -0.2) is 24.3 Å². The van der Waals surface area contributed by atoms with Gasteiger partial charge in [-0.2, -0.15) is 0 Å². The quantitative estimate of drug-likeness (QED) is 0.787. The molecule has 2 N–H and O–H groups in total. The molecular formula is C11H14N4O. The fourth-order valence-electron chi connectivity index (χ4n) is 1.37. The van der Waals surface area contributed by atoms with E-state index in [9.17, 15) is 0 Å². The lowest BCUT2D eigenvalue weighted by molar-refractivity contribution is 0.506. The summed E-state index contributed by atoms with van der Waals surface area (Å²) in [5.41, 5.74) is 7.50. The smallest absolute Gasteiger partial charge is 0.317 e. The van der Waals surface area contributed by atoms with E-state index in [4.69, 9.17) is 10.2 Å². The van der Waals surface area contributed by atoms with Gasteiger partial charge < -0.3 is 15.1 Å². The number of benzene rings is 1. The third-order valence-electron chi connectivity index (χ3n) is 2.15. The molecule has 0 saturated heterocycles. The standard InChI is InChI=1S/C11H14N4O/c1-15(2)11-14-13-10(16-11)7-8-4-3-5-9(12)6-8/h3-6H,7,12H2,1-2H3. The van der Waals surface area contributed by atoms with E-state index in [1.165, 1.54) is 0 Å². The van der Waals surface area contributed by atoms with Crippen molar-refractivity contribution in [2.24, 2.45) is 0 Å². The summed E-state index contributed by atoms with van der Waals surface area (Å²) in [6, 6.07) is 8.16. The Balaban J connectivity index is 2.14. The minimum absolute atomic E-state index is 0.513. The number of anilines is 2. The second kappa shape index (κ2) is 4.22. The summed E-state index contributed by atoms with van der Waals surface area (Å²) in [5.74, 6) is 0.592. The molecule has 84 valence electrons. The molecule has 0 amide bonds. The molecule has 0 aliphatic carbocycles. The molecule has 0 spiro atoms. The van der Waals surface area contributed by atoms with Crippen molar-refractivity contribution in [2.45, 2.75) is 6.42 Å². The maximum absolute atomic E-state index is 5.69. The monoisotopic (exact) mass is 218 g/mol. The molecule has 2 aromatic rings. The predicted molar refractivity (Wildman–Crippen MR) is 62.3 cm³/mol. The van der Waals surface area contributed by atoms with Crippen LogP contribution >= 0.6 is 0 Å². The van der Waals surface area contributed by atoms with E-state index in [1.807, 2.05) is 38.4 Å². The van der Waals surface area contributed by atoms with Crippen LogP contribution < -0.4 is 10.6 Å². The highest BCUT2D eigenvalue weighted by molar-refractivity contribution is 5.41. The van der Waals surface area contributed by atoms with Crippen molar-refractivity contribution in [3.63, 3.8) is 0 Å². The van der Waals surface area contributed by atoms with Crippen LogP contribution in [0.5, 0.6) is 0 Å². The molecule has 0 aliphatic rings. The Labute approximate surface area is 93.9 Å². The van der Waals surface area contributed by atoms with Crippen LogP contribution in [0.2, 0.25) is 0 Å². The van der Waals surface area contributed by atoms with E-state index >= 15 is 0 Å². The molecule has 1 heterocycles. The lowest BCUT2D eigenvalue weighted by Crippen LogP contribution is -2.08. The number of hydrogen-bond acceptors (Lipinski definition) is 5. The third kappa shape index (κ3) is 2.31. The van der Waals surface area contributed by atoms with Crippen molar-refractivity contribution in [1.29, 1.82) is 0 Å². The molecule has 1 aromatic heterocycles. The second-order valence-corrected chi connectivity index (χ2v) is 3.79. The number of nitrogens with two attached hydrogens (primary N) is 1. The first kappa shape index (κ1) is 10.5. The zero-order chi connectivity index (χ0) is 11.5. The van der Waals surface area contributed by atoms with Crippen LogP contribution in [0.3, 0.4) is 0 Å². The van der Waals surface area contributed by atoms with Gasteiger partial charge in [0.2, 0.25) is 5.89 Å². The van der Waals surface area contributed by atoms with Crippen molar-refractivity contribution in [3.05, 3.63) is 35.7 Å². The molecular weight excluding hydrogens is 204 g/mol. The fraction of sp³-hybridized carbons (Fsp3) is 0.273. The maximum atomic E-state index is 5.69. The second-order valence-electron chi connectivity index (χ2n) is 3.79. The molecule has 1 aromatic carbocycles. The summed E-state index contributed by atoms with van der Waals surface area (Å²) < 4.78 is 5.45. The molecule has 0 atom stereocenters. The molecule has 5 nitrogen and oxygen atoms in total. The van der Waals surface area contributed by atoms with Crippen LogP contribution in [0, 0.1) is 0 Å². The molecule has 2 rings (SSSR count). The minimum atomic E-state index is 0.513. The topological polar surface area (TPSA) is 68.2 Å². The van der Waals surface area contributed by atoms with E-state index in [2.05, 4.69) is 10.2 Å². The van der Waals surface area contributed by atoms with Crippen molar-refractivity contribution < 1.29 is 4.42 Å². The SMILES string of the molecule is CN(C)c1nnc(Cc2cccc(N)c2)o1. The number of hydrogen-bond donors (Lipinski definition) is 1. The first-order valence-corrected chi connectivity index (χ1v) is 4.99. The van der Waals surface area contributed by atoms with Gasteiger partial charge in [-0.25, -0.2) is 0 Å². The summed E-state index contributed by atoms with van der Waals surface area (Å²) in [6.45, 7) is 0. The van der Waals surface area contributed by atoms with Crippen molar-refractivity contribution in [3.8, 4) is 0 Å². The normalized spacial score (nSPS) is 10.4. The first-order chi connectivity index (χ1) is 7.65. The number of nitrogen functional groups attached to an aromatic ring is 1. The Morgan fingerprint density at radius 2 is 2.12 bits per heavy atom. The maximum Gasteiger partial charge on any atom is 0.317 e. The lowest BCUT2D eigenvalue weighted by atomic mass is 10.1. The van der Waals surface area contributed by atoms with Gasteiger partial charge in [-0.15, -0.1) is 5.10 Å². The van der Waals surface area contributed by atoms with Gasteiger partial charge in [-0.05, 0) is 17.7 Å². The number of aromatic nitrogens is 2. The zero-order valence-electron chi connectivity index (χ0n) is 9.34. The summed E-state index contributed by atoms with van der Waals surface area (Å²) in [6.07, 6.45) is 0.603. The summed E-state index contributed by atoms with van der Waals surface area (Å²) in [7, 11) is 3.72. The minimum Gasteiger partial charge on any atom is -0.408 e. The van der Waals surface area contributed by atoms with Crippen LogP contribution in [0.25, 0.3) is 0 Å². The molecule has 0 bridgehead atoms. The molecule has 5 heteroatoms. The van der Waals surface area contributed by atoms with Crippen LogP contribution in [0.15, 0.2) is 28.7 Å².